The predicted molar refractivity (Wildman–Crippen MR) is 110 cm³/mol. The fraction of sp³-hybridized carbons (Fsp3) is 0.524. The number of carbonyl (C=O) groups is 3. The lowest BCUT2D eigenvalue weighted by Crippen LogP contribution is -2.46. The Bertz CT molecular complexity index is 865. The van der Waals surface area contributed by atoms with Crippen molar-refractivity contribution < 1.29 is 19.5 Å². The zero-order chi connectivity index (χ0) is 21.7. The summed E-state index contributed by atoms with van der Waals surface area (Å²) in [4.78, 5) is 41.9. The normalized spacial score (nSPS) is 21.3. The Balaban J connectivity index is 1.53. The molecular formula is C21H27N5O4. The number of aliphatic carboxylic acids is 1. The minimum Gasteiger partial charge on any atom is -0.481 e. The molecule has 0 saturated carbocycles. The number of pyridine rings is 1. The molecule has 3 atom stereocenters. The van der Waals surface area contributed by atoms with Crippen LogP contribution in [-0.2, 0) is 27.3 Å². The van der Waals surface area contributed by atoms with Gasteiger partial charge >= 0.3 is 5.97 Å². The van der Waals surface area contributed by atoms with Crippen LogP contribution in [-0.4, -0.2) is 64.0 Å². The van der Waals surface area contributed by atoms with Gasteiger partial charge in [0.25, 0.3) is 0 Å². The van der Waals surface area contributed by atoms with E-state index in [4.69, 9.17) is 11.5 Å². The summed E-state index contributed by atoms with van der Waals surface area (Å²) < 4.78 is 0. The second-order valence-corrected chi connectivity index (χ2v) is 7.71. The second-order valence-electron chi connectivity index (χ2n) is 7.71. The molecule has 0 aromatic carbocycles. The molecule has 4 N–H and O–H groups in total. The minimum absolute atomic E-state index is 0.123. The number of carboxylic acid groups (broad SMARTS) is 1. The van der Waals surface area contributed by atoms with Gasteiger partial charge < -0.3 is 26.0 Å². The average molecular weight is 413 g/mol. The molecule has 0 radical (unpaired) electrons. The van der Waals surface area contributed by atoms with Gasteiger partial charge in [-0.3, -0.25) is 14.4 Å². The van der Waals surface area contributed by atoms with Crippen molar-refractivity contribution in [2.24, 2.45) is 0 Å². The molecule has 1 fully saturated rings. The fourth-order valence-corrected chi connectivity index (χ4v) is 3.81. The van der Waals surface area contributed by atoms with Crippen LogP contribution in [0.3, 0.4) is 0 Å². The quantitative estimate of drug-likeness (QED) is 0.446. The Morgan fingerprint density at radius 1 is 1.47 bits per heavy atom. The van der Waals surface area contributed by atoms with Crippen molar-refractivity contribution in [2.45, 2.75) is 57.3 Å². The Labute approximate surface area is 175 Å². The maximum atomic E-state index is 12.8. The minimum atomic E-state index is -1.10. The summed E-state index contributed by atoms with van der Waals surface area (Å²) in [5.74, 6) is 1.42. The summed E-state index contributed by atoms with van der Waals surface area (Å²) in [5, 5.41) is 17.8. The zero-order valence-electron chi connectivity index (χ0n) is 17.0. The summed E-state index contributed by atoms with van der Waals surface area (Å²) in [7, 11) is 0. The van der Waals surface area contributed by atoms with Crippen LogP contribution >= 0.6 is 0 Å². The predicted octanol–water partition coefficient (Wildman–Crippen LogP) is 0.111. The first-order chi connectivity index (χ1) is 14.4. The first kappa shape index (κ1) is 21.6. The number of fused-ring (bicyclic) bond motifs is 1. The smallest absolute Gasteiger partial charge is 0.306 e. The molecule has 1 aromatic heterocycles. The van der Waals surface area contributed by atoms with Gasteiger partial charge in [0.2, 0.25) is 11.8 Å². The topological polar surface area (TPSA) is 124 Å². The fourth-order valence-electron chi connectivity index (χ4n) is 3.81. The highest BCUT2D eigenvalue weighted by molar-refractivity contribution is 5.89. The zero-order valence-corrected chi connectivity index (χ0v) is 17.0. The molecule has 1 saturated heterocycles. The molecule has 2 amide bonds. The number of aryl methyl sites for hydroxylation is 1. The van der Waals surface area contributed by atoms with Gasteiger partial charge in [0.1, 0.15) is 11.9 Å². The Kier molecular flexibility index (Phi) is 6.90. The van der Waals surface area contributed by atoms with Gasteiger partial charge in [-0.25, -0.2) is 4.98 Å². The summed E-state index contributed by atoms with van der Waals surface area (Å²) in [6, 6.07) is 2.61. The van der Waals surface area contributed by atoms with E-state index in [9.17, 15) is 14.4 Å². The molecule has 30 heavy (non-hydrogen) atoms. The van der Waals surface area contributed by atoms with Crippen molar-refractivity contribution in [3.63, 3.8) is 0 Å². The van der Waals surface area contributed by atoms with E-state index in [2.05, 4.69) is 32.9 Å². The highest BCUT2D eigenvalue weighted by Crippen LogP contribution is 2.21. The lowest BCUT2D eigenvalue weighted by atomic mass is 10.1. The Morgan fingerprint density at radius 3 is 3.00 bits per heavy atom. The SMILES string of the molecule is C#C[C@H](CC(=O)O)NC(=O)CN1C(=O)[C@@H](NCc2ccc3c(n2)NCCC3)C[C@H]1C. The molecule has 2 aliphatic heterocycles. The molecule has 0 bridgehead atoms. The Morgan fingerprint density at radius 2 is 2.27 bits per heavy atom. The van der Waals surface area contributed by atoms with E-state index < -0.39 is 24.0 Å². The van der Waals surface area contributed by atoms with Crippen molar-refractivity contribution in [1.29, 1.82) is 0 Å². The van der Waals surface area contributed by atoms with Gasteiger partial charge in [-0.2, -0.15) is 0 Å². The highest BCUT2D eigenvalue weighted by atomic mass is 16.4. The van der Waals surface area contributed by atoms with Crippen molar-refractivity contribution in [3.05, 3.63) is 23.4 Å². The molecule has 3 rings (SSSR count). The number of nitrogens with one attached hydrogen (secondary N) is 3. The summed E-state index contributed by atoms with van der Waals surface area (Å²) in [5.41, 5.74) is 2.06. The number of aromatic nitrogens is 1. The molecule has 3 heterocycles. The third-order valence-electron chi connectivity index (χ3n) is 5.40. The van der Waals surface area contributed by atoms with Crippen molar-refractivity contribution >= 4 is 23.6 Å². The molecule has 2 aliphatic rings. The summed E-state index contributed by atoms with van der Waals surface area (Å²) >= 11 is 0. The third-order valence-corrected chi connectivity index (χ3v) is 5.40. The monoisotopic (exact) mass is 413 g/mol. The van der Waals surface area contributed by atoms with Gasteiger partial charge in [-0.1, -0.05) is 12.0 Å². The standard InChI is InChI=1S/C21H27N5O4/c1-3-15(10-19(28)29)24-18(27)12-26-13(2)9-17(21(26)30)23-11-16-7-6-14-5-4-8-22-20(14)25-16/h1,6-7,13,15,17,23H,4-5,8-12H2,2H3,(H,22,25)(H,24,27)(H,28,29)/t13-,15-,17+/m1/s1. The van der Waals surface area contributed by atoms with E-state index in [-0.39, 0.29) is 24.9 Å². The van der Waals surface area contributed by atoms with E-state index in [1.807, 2.05) is 13.0 Å². The summed E-state index contributed by atoms with van der Waals surface area (Å²) in [6.45, 7) is 3.09. The largest absolute Gasteiger partial charge is 0.481 e. The van der Waals surface area contributed by atoms with Crippen LogP contribution in [0, 0.1) is 12.3 Å². The van der Waals surface area contributed by atoms with E-state index in [1.54, 1.807) is 0 Å². The van der Waals surface area contributed by atoms with Crippen molar-refractivity contribution in [2.75, 3.05) is 18.4 Å². The van der Waals surface area contributed by atoms with E-state index in [0.717, 1.165) is 30.9 Å². The van der Waals surface area contributed by atoms with E-state index in [1.165, 1.54) is 10.5 Å². The first-order valence-corrected chi connectivity index (χ1v) is 10.1. The number of hydrogen-bond acceptors (Lipinski definition) is 6. The molecule has 160 valence electrons. The number of anilines is 1. The number of likely N-dealkylation sites (tertiary alicyclic amines) is 1. The molecule has 0 aliphatic carbocycles. The molecule has 0 unspecified atom stereocenters. The number of terminal acetylenes is 1. The van der Waals surface area contributed by atoms with Gasteiger partial charge in [0.05, 0.1) is 24.7 Å². The van der Waals surface area contributed by atoms with Crippen molar-refractivity contribution in [1.82, 2.24) is 20.5 Å². The van der Waals surface area contributed by atoms with Crippen LogP contribution in [0.1, 0.15) is 37.4 Å². The van der Waals surface area contributed by atoms with Crippen LogP contribution in [0.2, 0.25) is 0 Å². The Hall–Kier alpha value is -3.12. The second kappa shape index (κ2) is 9.59. The number of rotatable bonds is 8. The van der Waals surface area contributed by atoms with Gasteiger partial charge in [-0.15, -0.1) is 6.42 Å². The number of carbonyl (C=O) groups excluding carboxylic acids is 2. The van der Waals surface area contributed by atoms with Crippen LogP contribution < -0.4 is 16.0 Å². The third kappa shape index (κ3) is 5.27. The van der Waals surface area contributed by atoms with Crippen LogP contribution in [0.5, 0.6) is 0 Å². The number of amides is 2. The summed E-state index contributed by atoms with van der Waals surface area (Å²) in [6.07, 6.45) is 7.59. The van der Waals surface area contributed by atoms with E-state index in [0.29, 0.717) is 13.0 Å². The number of hydrogen-bond donors (Lipinski definition) is 4. The number of nitrogens with zero attached hydrogens (tertiary/aromatic N) is 2. The lowest BCUT2D eigenvalue weighted by Gasteiger charge is -2.22. The highest BCUT2D eigenvalue weighted by Gasteiger charge is 2.37. The molecule has 1 aromatic rings. The van der Waals surface area contributed by atoms with Crippen LogP contribution in [0.25, 0.3) is 0 Å². The van der Waals surface area contributed by atoms with Crippen LogP contribution in [0.4, 0.5) is 5.82 Å². The molecule has 9 heteroatoms. The molecular weight excluding hydrogens is 386 g/mol. The number of carboxylic acids is 1. The van der Waals surface area contributed by atoms with Gasteiger partial charge in [0.15, 0.2) is 0 Å². The maximum absolute atomic E-state index is 12.8. The van der Waals surface area contributed by atoms with Gasteiger partial charge in [0, 0.05) is 19.1 Å². The van der Waals surface area contributed by atoms with Gasteiger partial charge in [-0.05, 0) is 37.8 Å². The maximum Gasteiger partial charge on any atom is 0.306 e. The van der Waals surface area contributed by atoms with Crippen molar-refractivity contribution in [3.8, 4) is 12.3 Å². The van der Waals surface area contributed by atoms with Crippen LogP contribution in [0.15, 0.2) is 12.1 Å². The lowest BCUT2D eigenvalue weighted by molar-refractivity contribution is -0.138. The molecule has 9 nitrogen and oxygen atoms in total. The first-order valence-electron chi connectivity index (χ1n) is 10.1. The van der Waals surface area contributed by atoms with E-state index >= 15 is 0 Å². The molecule has 0 spiro atoms. The average Bonchev–Trinajstić information content (AvgIpc) is 2.98.